The molecule has 7 heteroatoms. The summed E-state index contributed by atoms with van der Waals surface area (Å²) < 4.78 is 1.73. The first-order valence-electron chi connectivity index (χ1n) is 5.23. The van der Waals surface area contributed by atoms with Crippen molar-refractivity contribution in [1.82, 2.24) is 9.55 Å². The van der Waals surface area contributed by atoms with Gasteiger partial charge in [-0.1, -0.05) is 11.6 Å². The number of hydrogen-bond acceptors (Lipinski definition) is 3. The molecular weight excluding hydrogens is 383 g/mol. The van der Waals surface area contributed by atoms with Crippen LogP contribution < -0.4 is 11.2 Å². The molecular formula is C12H8ClIN2O3. The Morgan fingerprint density at radius 3 is 2.63 bits per heavy atom. The van der Waals surface area contributed by atoms with Crippen LogP contribution in [0.3, 0.4) is 0 Å². The molecule has 0 unspecified atom stereocenters. The van der Waals surface area contributed by atoms with Gasteiger partial charge in [-0.3, -0.25) is 9.59 Å². The normalized spacial score (nSPS) is 10.5. The van der Waals surface area contributed by atoms with E-state index in [4.69, 9.17) is 11.6 Å². The molecule has 1 heterocycles. The van der Waals surface area contributed by atoms with Crippen molar-refractivity contribution in [3.63, 3.8) is 0 Å². The fourth-order valence-electron chi connectivity index (χ4n) is 1.61. The molecule has 0 spiro atoms. The minimum absolute atomic E-state index is 0.0887. The molecule has 0 amide bonds. The molecule has 1 aromatic heterocycles. The van der Waals surface area contributed by atoms with Crippen LogP contribution in [0.4, 0.5) is 0 Å². The van der Waals surface area contributed by atoms with E-state index in [2.05, 4.69) is 27.6 Å². The second-order valence-corrected chi connectivity index (χ2v) is 5.45. The number of aromatic amines is 1. The fourth-order valence-corrected chi connectivity index (χ4v) is 2.55. The zero-order chi connectivity index (χ0) is 14.2. The number of rotatable bonds is 2. The van der Waals surface area contributed by atoms with Crippen LogP contribution in [0.25, 0.3) is 5.69 Å². The van der Waals surface area contributed by atoms with Crippen LogP contribution >= 0.6 is 34.2 Å². The van der Waals surface area contributed by atoms with Crippen LogP contribution in [0.15, 0.2) is 34.0 Å². The topological polar surface area (TPSA) is 71.9 Å². The maximum Gasteiger partial charge on any atom is 0.333 e. The highest BCUT2D eigenvalue weighted by Crippen LogP contribution is 2.20. The summed E-state index contributed by atoms with van der Waals surface area (Å²) in [4.78, 5) is 37.6. The van der Waals surface area contributed by atoms with E-state index in [1.165, 1.54) is 6.92 Å². The molecule has 5 nitrogen and oxygen atoms in total. The predicted octanol–water partition coefficient (Wildman–Crippen LogP) is 1.99. The first-order chi connectivity index (χ1) is 8.91. The Morgan fingerprint density at radius 2 is 2.05 bits per heavy atom. The van der Waals surface area contributed by atoms with Crippen molar-refractivity contribution < 1.29 is 4.79 Å². The van der Waals surface area contributed by atoms with Gasteiger partial charge in [-0.25, -0.2) is 9.36 Å². The number of nitrogens with zero attached hydrogens (tertiary/aromatic N) is 1. The molecule has 0 saturated heterocycles. The van der Waals surface area contributed by atoms with Crippen LogP contribution in [0.2, 0.25) is 5.02 Å². The van der Waals surface area contributed by atoms with Crippen molar-refractivity contribution in [2.75, 3.05) is 0 Å². The number of Topliss-reactive ketones (excluding diaryl/α,β-unsaturated/α-hetero) is 1. The number of carbonyl (C=O) groups is 1. The third-order valence-corrected chi connectivity index (χ3v) is 3.48. The molecule has 0 aliphatic carbocycles. The van der Waals surface area contributed by atoms with Crippen molar-refractivity contribution in [2.24, 2.45) is 0 Å². The van der Waals surface area contributed by atoms with E-state index >= 15 is 0 Å². The first kappa shape index (κ1) is 14.0. The SMILES string of the molecule is CC(=O)c1c[nH]c(=O)n(-c2ccc(I)cc2Cl)c1=O. The number of halogens is 2. The van der Waals surface area contributed by atoms with Crippen molar-refractivity contribution in [1.29, 1.82) is 0 Å². The van der Waals surface area contributed by atoms with E-state index in [0.29, 0.717) is 0 Å². The maximum atomic E-state index is 12.1. The molecule has 19 heavy (non-hydrogen) atoms. The van der Waals surface area contributed by atoms with E-state index in [1.54, 1.807) is 18.2 Å². The molecule has 0 atom stereocenters. The summed E-state index contributed by atoms with van der Waals surface area (Å²) in [6, 6.07) is 4.91. The average molecular weight is 391 g/mol. The zero-order valence-electron chi connectivity index (χ0n) is 9.74. The number of aromatic nitrogens is 2. The van der Waals surface area contributed by atoms with Gasteiger partial charge in [0.05, 0.1) is 16.3 Å². The van der Waals surface area contributed by atoms with Gasteiger partial charge in [-0.15, -0.1) is 0 Å². The van der Waals surface area contributed by atoms with Gasteiger partial charge in [-0.2, -0.15) is 0 Å². The van der Waals surface area contributed by atoms with Crippen LogP contribution in [0.5, 0.6) is 0 Å². The molecule has 0 bridgehead atoms. The maximum absolute atomic E-state index is 12.1. The van der Waals surface area contributed by atoms with E-state index in [1.807, 2.05) is 0 Å². The Hall–Kier alpha value is -1.41. The monoisotopic (exact) mass is 390 g/mol. The number of ketones is 1. The molecule has 0 fully saturated rings. The first-order valence-corrected chi connectivity index (χ1v) is 6.68. The molecule has 0 aliphatic heterocycles. The largest absolute Gasteiger partial charge is 0.333 e. The summed E-state index contributed by atoms with van der Waals surface area (Å²) in [5.41, 5.74) is -1.16. The number of H-pyrrole nitrogens is 1. The lowest BCUT2D eigenvalue weighted by Crippen LogP contribution is -2.36. The lowest BCUT2D eigenvalue weighted by atomic mass is 10.2. The van der Waals surface area contributed by atoms with Gasteiger partial charge < -0.3 is 4.98 Å². The number of hydrogen-bond donors (Lipinski definition) is 1. The van der Waals surface area contributed by atoms with Crippen LogP contribution in [0, 0.1) is 3.57 Å². The van der Waals surface area contributed by atoms with E-state index < -0.39 is 17.0 Å². The molecule has 0 saturated carbocycles. The van der Waals surface area contributed by atoms with E-state index in [9.17, 15) is 14.4 Å². The second kappa shape index (κ2) is 5.30. The van der Waals surface area contributed by atoms with Crippen LogP contribution in [0.1, 0.15) is 17.3 Å². The Balaban J connectivity index is 2.82. The lowest BCUT2D eigenvalue weighted by molar-refractivity contribution is 0.101. The van der Waals surface area contributed by atoms with Gasteiger partial charge in [0.25, 0.3) is 5.56 Å². The average Bonchev–Trinajstić information content (AvgIpc) is 2.31. The number of carbonyl (C=O) groups excluding carboxylic acids is 1. The Morgan fingerprint density at radius 1 is 1.37 bits per heavy atom. The van der Waals surface area contributed by atoms with Crippen LogP contribution in [-0.4, -0.2) is 15.3 Å². The van der Waals surface area contributed by atoms with Crippen molar-refractivity contribution >= 4 is 40.0 Å². The summed E-state index contributed by atoms with van der Waals surface area (Å²) in [5.74, 6) is -0.420. The van der Waals surface area contributed by atoms with Gasteiger partial charge in [0.2, 0.25) is 0 Å². The van der Waals surface area contributed by atoms with Gasteiger partial charge in [-0.05, 0) is 47.7 Å². The third-order valence-electron chi connectivity index (χ3n) is 2.51. The standard InChI is InChI=1S/C12H8ClIN2O3/c1-6(17)8-5-15-12(19)16(11(8)18)10-3-2-7(14)4-9(10)13/h2-5H,1H3,(H,15,19). The molecule has 0 radical (unpaired) electrons. The highest BCUT2D eigenvalue weighted by molar-refractivity contribution is 14.1. The van der Waals surface area contributed by atoms with E-state index in [0.717, 1.165) is 14.3 Å². The summed E-state index contributed by atoms with van der Waals surface area (Å²) in [6.07, 6.45) is 1.12. The van der Waals surface area contributed by atoms with Gasteiger partial charge in [0.1, 0.15) is 0 Å². The summed E-state index contributed by atoms with van der Waals surface area (Å²) in [6.45, 7) is 1.26. The van der Waals surface area contributed by atoms with Gasteiger partial charge in [0, 0.05) is 9.77 Å². The van der Waals surface area contributed by atoms with Crippen molar-refractivity contribution in [3.05, 3.63) is 59.4 Å². The van der Waals surface area contributed by atoms with Crippen molar-refractivity contribution in [2.45, 2.75) is 6.92 Å². The van der Waals surface area contributed by atoms with Gasteiger partial charge >= 0.3 is 5.69 Å². The molecule has 98 valence electrons. The zero-order valence-corrected chi connectivity index (χ0v) is 12.7. The fraction of sp³-hybridized carbons (Fsp3) is 0.0833. The Bertz CT molecular complexity index is 779. The van der Waals surface area contributed by atoms with Crippen molar-refractivity contribution in [3.8, 4) is 5.69 Å². The number of nitrogens with one attached hydrogen (secondary N) is 1. The second-order valence-electron chi connectivity index (χ2n) is 3.80. The summed E-state index contributed by atoms with van der Waals surface area (Å²) in [7, 11) is 0. The molecule has 1 N–H and O–H groups in total. The minimum atomic E-state index is -0.681. The minimum Gasteiger partial charge on any atom is -0.313 e. The summed E-state index contributed by atoms with van der Waals surface area (Å²) >= 11 is 8.10. The highest BCUT2D eigenvalue weighted by atomic mass is 127. The molecule has 0 aliphatic rings. The van der Waals surface area contributed by atoms with Gasteiger partial charge in [0.15, 0.2) is 5.78 Å². The quantitative estimate of drug-likeness (QED) is 0.630. The molecule has 1 aromatic carbocycles. The molecule has 2 rings (SSSR count). The Labute approximate surface area is 126 Å². The number of benzene rings is 1. The summed E-state index contributed by atoms with van der Waals surface area (Å²) in [5, 5.41) is 0.264. The lowest BCUT2D eigenvalue weighted by Gasteiger charge is -2.08. The highest BCUT2D eigenvalue weighted by Gasteiger charge is 2.14. The third kappa shape index (κ3) is 2.64. The van der Waals surface area contributed by atoms with E-state index in [-0.39, 0.29) is 16.3 Å². The Kier molecular flexibility index (Phi) is 3.91. The molecule has 2 aromatic rings. The smallest absolute Gasteiger partial charge is 0.313 e. The van der Waals surface area contributed by atoms with Crippen LogP contribution in [-0.2, 0) is 0 Å². The predicted molar refractivity (Wildman–Crippen MR) is 80.4 cm³/mol.